The van der Waals surface area contributed by atoms with Gasteiger partial charge in [0.2, 0.25) is 0 Å². The van der Waals surface area contributed by atoms with Crippen molar-refractivity contribution in [2.75, 3.05) is 0 Å². The molecule has 2 nitrogen and oxygen atoms in total. The number of aryl methyl sites for hydroxylation is 2. The maximum Gasteiger partial charge on any atom is 0.182 e. The molecule has 1 heterocycles. The smallest absolute Gasteiger partial charge is 0.182 e. The number of rotatable bonds is 3. The van der Waals surface area contributed by atoms with Gasteiger partial charge in [-0.05, 0) is 45.9 Å². The Morgan fingerprint density at radius 2 is 1.74 bits per heavy atom. The molecule has 0 aliphatic carbocycles. The minimum atomic E-state index is -0.494. The zero-order valence-corrected chi connectivity index (χ0v) is 12.5. The first-order chi connectivity index (χ1) is 8.91. The third kappa shape index (κ3) is 2.59. The monoisotopic (exact) mass is 275 g/mol. The van der Waals surface area contributed by atoms with Gasteiger partial charge in [-0.15, -0.1) is 11.6 Å². The van der Waals surface area contributed by atoms with E-state index in [0.717, 1.165) is 17.1 Å². The van der Waals surface area contributed by atoms with Gasteiger partial charge in [0, 0.05) is 22.6 Å². The summed E-state index contributed by atoms with van der Waals surface area (Å²) in [6.07, 6.45) is 0. The normalized spacial score (nSPS) is 12.5. The molecule has 0 spiro atoms. The van der Waals surface area contributed by atoms with E-state index in [1.54, 1.807) is 6.92 Å². The lowest BCUT2D eigenvalue weighted by atomic mass is 10.1. The molecule has 0 N–H and O–H groups in total. The van der Waals surface area contributed by atoms with Crippen LogP contribution in [0.15, 0.2) is 30.3 Å². The summed E-state index contributed by atoms with van der Waals surface area (Å²) >= 11 is 5.90. The van der Waals surface area contributed by atoms with Gasteiger partial charge in [0.1, 0.15) is 0 Å². The molecule has 0 saturated carbocycles. The van der Waals surface area contributed by atoms with Gasteiger partial charge in [0.25, 0.3) is 0 Å². The van der Waals surface area contributed by atoms with Crippen molar-refractivity contribution in [1.29, 1.82) is 0 Å². The summed E-state index contributed by atoms with van der Waals surface area (Å²) in [5.41, 5.74) is 4.99. The SMILES string of the molecule is Cc1ccc(-n2c(C)cc(C(=O)C(C)Cl)c2C)cc1. The Hall–Kier alpha value is -1.54. The molecule has 0 amide bonds. The second-order valence-corrected chi connectivity index (χ2v) is 5.59. The lowest BCUT2D eigenvalue weighted by Gasteiger charge is -2.10. The number of carbonyl (C=O) groups is 1. The molecule has 19 heavy (non-hydrogen) atoms. The number of carbonyl (C=O) groups excluding carboxylic acids is 1. The van der Waals surface area contributed by atoms with Gasteiger partial charge in [-0.1, -0.05) is 17.7 Å². The molecule has 0 fully saturated rings. The molecular formula is C16H18ClNO. The van der Waals surface area contributed by atoms with Crippen LogP contribution in [-0.2, 0) is 0 Å². The van der Waals surface area contributed by atoms with Crippen LogP contribution in [0.25, 0.3) is 5.69 Å². The van der Waals surface area contributed by atoms with Crippen molar-refractivity contribution >= 4 is 17.4 Å². The minimum absolute atomic E-state index is 0.0203. The molecule has 0 saturated heterocycles. The lowest BCUT2D eigenvalue weighted by Crippen LogP contribution is -2.11. The van der Waals surface area contributed by atoms with E-state index in [1.807, 2.05) is 19.9 Å². The van der Waals surface area contributed by atoms with Crippen LogP contribution in [0.1, 0.15) is 34.2 Å². The highest BCUT2D eigenvalue weighted by Crippen LogP contribution is 2.23. The fraction of sp³-hybridized carbons (Fsp3) is 0.312. The summed E-state index contributed by atoms with van der Waals surface area (Å²) < 4.78 is 2.09. The number of halogens is 1. The van der Waals surface area contributed by atoms with Crippen molar-refractivity contribution in [3.8, 4) is 5.69 Å². The van der Waals surface area contributed by atoms with E-state index >= 15 is 0 Å². The summed E-state index contributed by atoms with van der Waals surface area (Å²) in [6.45, 7) is 7.73. The fourth-order valence-corrected chi connectivity index (χ4v) is 2.44. The molecule has 0 radical (unpaired) electrons. The Balaban J connectivity index is 2.54. The highest BCUT2D eigenvalue weighted by Gasteiger charge is 2.19. The summed E-state index contributed by atoms with van der Waals surface area (Å²) in [7, 11) is 0. The highest BCUT2D eigenvalue weighted by molar-refractivity contribution is 6.33. The molecule has 2 aromatic rings. The topological polar surface area (TPSA) is 22.0 Å². The number of hydrogen-bond acceptors (Lipinski definition) is 1. The first-order valence-corrected chi connectivity index (χ1v) is 6.79. The van der Waals surface area contributed by atoms with Crippen LogP contribution in [0.5, 0.6) is 0 Å². The second-order valence-electron chi connectivity index (χ2n) is 4.94. The number of aromatic nitrogens is 1. The first-order valence-electron chi connectivity index (χ1n) is 6.36. The van der Waals surface area contributed by atoms with Gasteiger partial charge in [0.15, 0.2) is 5.78 Å². The van der Waals surface area contributed by atoms with Gasteiger partial charge in [-0.3, -0.25) is 4.79 Å². The molecule has 0 bridgehead atoms. The van der Waals surface area contributed by atoms with E-state index in [1.165, 1.54) is 5.56 Å². The third-order valence-electron chi connectivity index (χ3n) is 3.35. The Bertz CT molecular complexity index is 608. The molecule has 1 aromatic carbocycles. The molecule has 1 atom stereocenters. The van der Waals surface area contributed by atoms with E-state index in [2.05, 4.69) is 35.8 Å². The fourth-order valence-electron chi connectivity index (χ4n) is 2.32. The third-order valence-corrected chi connectivity index (χ3v) is 3.55. The molecule has 0 aliphatic rings. The van der Waals surface area contributed by atoms with E-state index in [4.69, 9.17) is 11.6 Å². The minimum Gasteiger partial charge on any atom is -0.318 e. The average molecular weight is 276 g/mol. The standard InChI is InChI=1S/C16H18ClNO/c1-10-5-7-14(8-6-10)18-11(2)9-15(13(18)4)16(19)12(3)17/h5-9,12H,1-4H3. The van der Waals surface area contributed by atoms with E-state index in [0.29, 0.717) is 5.56 Å². The summed E-state index contributed by atoms with van der Waals surface area (Å²) in [5.74, 6) is -0.0203. The van der Waals surface area contributed by atoms with Gasteiger partial charge in [-0.25, -0.2) is 0 Å². The van der Waals surface area contributed by atoms with Gasteiger partial charge >= 0.3 is 0 Å². The molecule has 1 aromatic heterocycles. The quantitative estimate of drug-likeness (QED) is 0.607. The van der Waals surface area contributed by atoms with Crippen molar-refractivity contribution in [3.05, 3.63) is 52.8 Å². The number of benzene rings is 1. The molecule has 100 valence electrons. The van der Waals surface area contributed by atoms with Crippen LogP contribution in [0.4, 0.5) is 0 Å². The van der Waals surface area contributed by atoms with Crippen molar-refractivity contribution in [2.24, 2.45) is 0 Å². The molecule has 0 aliphatic heterocycles. The molecule has 2 rings (SSSR count). The van der Waals surface area contributed by atoms with E-state index in [9.17, 15) is 4.79 Å². The Labute approximate surface area is 119 Å². The molecular weight excluding hydrogens is 258 g/mol. The van der Waals surface area contributed by atoms with E-state index in [-0.39, 0.29) is 5.78 Å². The number of Topliss-reactive ketones (excluding diaryl/α,β-unsaturated/α-hetero) is 1. The second kappa shape index (κ2) is 5.22. The largest absolute Gasteiger partial charge is 0.318 e. The zero-order chi connectivity index (χ0) is 14.2. The Morgan fingerprint density at radius 3 is 2.26 bits per heavy atom. The van der Waals surface area contributed by atoms with Crippen molar-refractivity contribution in [3.63, 3.8) is 0 Å². The summed E-state index contributed by atoms with van der Waals surface area (Å²) in [5, 5.41) is -0.494. The van der Waals surface area contributed by atoms with Crippen LogP contribution in [0.2, 0.25) is 0 Å². The van der Waals surface area contributed by atoms with Gasteiger partial charge < -0.3 is 4.57 Å². The highest BCUT2D eigenvalue weighted by atomic mass is 35.5. The Morgan fingerprint density at radius 1 is 1.16 bits per heavy atom. The predicted octanol–water partition coefficient (Wildman–Crippen LogP) is 4.21. The van der Waals surface area contributed by atoms with Crippen LogP contribution < -0.4 is 0 Å². The van der Waals surface area contributed by atoms with Crippen LogP contribution in [0, 0.1) is 20.8 Å². The maximum atomic E-state index is 12.1. The predicted molar refractivity (Wildman–Crippen MR) is 79.6 cm³/mol. The number of ketones is 1. The van der Waals surface area contributed by atoms with Gasteiger partial charge in [0.05, 0.1) is 5.38 Å². The first kappa shape index (κ1) is 13.9. The van der Waals surface area contributed by atoms with Crippen LogP contribution in [0.3, 0.4) is 0 Å². The maximum absolute atomic E-state index is 12.1. The van der Waals surface area contributed by atoms with Crippen molar-refractivity contribution < 1.29 is 4.79 Å². The number of nitrogens with zero attached hydrogens (tertiary/aromatic N) is 1. The molecule has 1 unspecified atom stereocenters. The number of alkyl halides is 1. The van der Waals surface area contributed by atoms with Crippen molar-refractivity contribution in [1.82, 2.24) is 4.57 Å². The average Bonchev–Trinajstić information content (AvgIpc) is 2.65. The summed E-state index contributed by atoms with van der Waals surface area (Å²) in [6, 6.07) is 10.2. The van der Waals surface area contributed by atoms with E-state index < -0.39 is 5.38 Å². The number of hydrogen-bond donors (Lipinski definition) is 0. The van der Waals surface area contributed by atoms with Crippen LogP contribution >= 0.6 is 11.6 Å². The summed E-state index contributed by atoms with van der Waals surface area (Å²) in [4.78, 5) is 12.1. The lowest BCUT2D eigenvalue weighted by molar-refractivity contribution is 0.0991. The Kier molecular flexibility index (Phi) is 3.81. The molecule has 3 heteroatoms. The van der Waals surface area contributed by atoms with Crippen molar-refractivity contribution in [2.45, 2.75) is 33.1 Å². The van der Waals surface area contributed by atoms with Crippen LogP contribution in [-0.4, -0.2) is 15.7 Å². The van der Waals surface area contributed by atoms with Gasteiger partial charge in [-0.2, -0.15) is 0 Å². The zero-order valence-electron chi connectivity index (χ0n) is 11.7.